The van der Waals surface area contributed by atoms with Crippen molar-refractivity contribution in [2.45, 2.75) is 19.2 Å². The number of fused-ring (bicyclic) bond motifs is 2. The molecule has 1 saturated heterocycles. The van der Waals surface area contributed by atoms with E-state index >= 15 is 4.39 Å². The zero-order valence-corrected chi connectivity index (χ0v) is 20.9. The molecule has 0 amide bonds. The van der Waals surface area contributed by atoms with Gasteiger partial charge in [0.1, 0.15) is 11.6 Å². The summed E-state index contributed by atoms with van der Waals surface area (Å²) >= 11 is 0. The van der Waals surface area contributed by atoms with Crippen molar-refractivity contribution in [3.05, 3.63) is 83.7 Å². The van der Waals surface area contributed by atoms with Gasteiger partial charge in [-0.05, 0) is 56.4 Å². The van der Waals surface area contributed by atoms with Gasteiger partial charge in [0.2, 0.25) is 0 Å². The lowest BCUT2D eigenvalue weighted by molar-refractivity contribution is 0.259. The number of nitrogens with zero attached hydrogens (tertiary/aromatic N) is 4. The van der Waals surface area contributed by atoms with Crippen molar-refractivity contribution in [2.75, 3.05) is 43.4 Å². The normalized spacial score (nSPS) is 19.0. The topological polar surface area (TPSA) is 92.3 Å². The van der Waals surface area contributed by atoms with Crippen LogP contribution in [0.25, 0.3) is 22.3 Å². The molecule has 4 aromatic rings. The average molecular weight is 500 g/mol. The summed E-state index contributed by atoms with van der Waals surface area (Å²) in [4.78, 5) is 17.3. The summed E-state index contributed by atoms with van der Waals surface area (Å²) in [6, 6.07) is 16.4. The third-order valence-electron chi connectivity index (χ3n) is 7.18. The largest absolute Gasteiger partial charge is 0.376 e. The molecule has 2 aliphatic rings. The first-order valence-corrected chi connectivity index (χ1v) is 12.6. The van der Waals surface area contributed by atoms with Crippen LogP contribution in [0.4, 0.5) is 15.8 Å². The highest BCUT2D eigenvalue weighted by molar-refractivity contribution is 5.98. The Labute approximate surface area is 214 Å². The summed E-state index contributed by atoms with van der Waals surface area (Å²) in [6.45, 7) is 5.93. The van der Waals surface area contributed by atoms with Gasteiger partial charge in [-0.25, -0.2) is 9.37 Å². The molecule has 6 rings (SSSR count). The highest BCUT2D eigenvalue weighted by Gasteiger charge is 2.32. The van der Waals surface area contributed by atoms with Crippen molar-refractivity contribution in [1.82, 2.24) is 25.2 Å². The number of anilines is 2. The van der Waals surface area contributed by atoms with Gasteiger partial charge in [0.15, 0.2) is 6.23 Å². The Morgan fingerprint density at radius 3 is 2.70 bits per heavy atom. The molecule has 4 N–H and O–H groups in total. The molecule has 0 bridgehead atoms. The second kappa shape index (κ2) is 9.49. The van der Waals surface area contributed by atoms with E-state index in [2.05, 4.69) is 49.6 Å². The molecular formula is C28H30FN7O. The van der Waals surface area contributed by atoms with Gasteiger partial charge in [-0.2, -0.15) is 0 Å². The lowest BCUT2D eigenvalue weighted by Gasteiger charge is -2.34. The minimum atomic E-state index is -1.09. The first-order valence-electron chi connectivity index (χ1n) is 12.6. The van der Waals surface area contributed by atoms with Gasteiger partial charge in [0.05, 0.1) is 39.6 Å². The minimum absolute atomic E-state index is 0.239. The Morgan fingerprint density at radius 2 is 1.92 bits per heavy atom. The van der Waals surface area contributed by atoms with Crippen LogP contribution in [0.1, 0.15) is 30.0 Å². The SMILES string of the molecule is C[C@H](NC1=C(c2nc3ccc(N4CCN(C)CC4)cc3[nH]2)C(O)Nc2cccc(F)c21)c1ccccn1. The van der Waals surface area contributed by atoms with E-state index in [0.29, 0.717) is 28.3 Å². The van der Waals surface area contributed by atoms with Crippen LogP contribution in [-0.4, -0.2) is 64.4 Å². The highest BCUT2D eigenvalue weighted by atomic mass is 19.1. The van der Waals surface area contributed by atoms with Crippen molar-refractivity contribution in [2.24, 2.45) is 0 Å². The van der Waals surface area contributed by atoms with Crippen LogP contribution in [0.15, 0.2) is 60.8 Å². The number of likely N-dealkylation sites (N-methyl/N-ethyl adjacent to an activating group) is 1. The predicted molar refractivity (Wildman–Crippen MR) is 144 cm³/mol. The van der Waals surface area contributed by atoms with Crippen molar-refractivity contribution in [3.8, 4) is 0 Å². The summed E-state index contributed by atoms with van der Waals surface area (Å²) in [5.74, 6) is 0.0914. The highest BCUT2D eigenvalue weighted by Crippen LogP contribution is 2.39. The fraction of sp³-hybridized carbons (Fsp3) is 0.286. The number of aromatic amines is 1. The first kappa shape index (κ1) is 23.4. The number of rotatable bonds is 5. The number of benzene rings is 2. The first-order chi connectivity index (χ1) is 18.0. The summed E-state index contributed by atoms with van der Waals surface area (Å²) in [5.41, 5.74) is 5.40. The molecule has 37 heavy (non-hydrogen) atoms. The third-order valence-corrected chi connectivity index (χ3v) is 7.18. The number of imidazole rings is 1. The fourth-order valence-corrected chi connectivity index (χ4v) is 5.10. The quantitative estimate of drug-likeness (QED) is 0.332. The maximum atomic E-state index is 15.2. The van der Waals surface area contributed by atoms with Gasteiger partial charge in [0, 0.05) is 43.8 Å². The number of aromatic nitrogens is 3. The molecule has 0 radical (unpaired) electrons. The van der Waals surface area contributed by atoms with Gasteiger partial charge in [0.25, 0.3) is 0 Å². The maximum Gasteiger partial charge on any atom is 0.156 e. The molecule has 0 spiro atoms. The molecule has 0 saturated carbocycles. The summed E-state index contributed by atoms with van der Waals surface area (Å²) in [7, 11) is 2.14. The Hall–Kier alpha value is -3.95. The standard InChI is InChI=1S/C28H30FN7O/c1-17(20-7-3-4-11-30-20)31-26-24-19(29)6-5-8-22(24)34-28(37)25(26)27-32-21-10-9-18(16-23(21)33-27)36-14-12-35(2)13-15-36/h3-11,16-17,28,31,34,37H,12-15H2,1-2H3,(H,32,33)/t17-,28?/m0/s1. The van der Waals surface area contributed by atoms with Crippen LogP contribution in [0.3, 0.4) is 0 Å². The minimum Gasteiger partial charge on any atom is -0.376 e. The number of hydrogen-bond acceptors (Lipinski definition) is 7. The number of pyridine rings is 1. The monoisotopic (exact) mass is 499 g/mol. The lowest BCUT2D eigenvalue weighted by atomic mass is 9.96. The Morgan fingerprint density at radius 1 is 1.08 bits per heavy atom. The molecule has 190 valence electrons. The number of aliphatic hydroxyl groups excluding tert-OH is 1. The number of H-pyrrole nitrogens is 1. The number of piperazine rings is 1. The van der Waals surface area contributed by atoms with E-state index in [-0.39, 0.29) is 6.04 Å². The smallest absolute Gasteiger partial charge is 0.156 e. The second-order valence-electron chi connectivity index (χ2n) is 9.70. The molecule has 2 aromatic carbocycles. The summed E-state index contributed by atoms with van der Waals surface area (Å²) in [5, 5.41) is 17.7. The van der Waals surface area contributed by atoms with Crippen LogP contribution in [0, 0.1) is 5.82 Å². The second-order valence-corrected chi connectivity index (χ2v) is 9.70. The maximum absolute atomic E-state index is 15.2. The summed E-state index contributed by atoms with van der Waals surface area (Å²) < 4.78 is 15.2. The van der Waals surface area contributed by atoms with Crippen LogP contribution in [-0.2, 0) is 0 Å². The zero-order chi connectivity index (χ0) is 25.5. The van der Waals surface area contributed by atoms with Crippen LogP contribution in [0.2, 0.25) is 0 Å². The van der Waals surface area contributed by atoms with Gasteiger partial charge in [-0.1, -0.05) is 12.1 Å². The number of halogens is 1. The predicted octanol–water partition coefficient (Wildman–Crippen LogP) is 3.81. The molecule has 2 atom stereocenters. The summed E-state index contributed by atoms with van der Waals surface area (Å²) in [6.07, 6.45) is 0.636. The number of hydrogen-bond donors (Lipinski definition) is 4. The van der Waals surface area contributed by atoms with Crippen molar-refractivity contribution in [3.63, 3.8) is 0 Å². The van der Waals surface area contributed by atoms with Crippen molar-refractivity contribution >= 4 is 33.7 Å². The number of nitrogens with one attached hydrogen (secondary N) is 3. The van der Waals surface area contributed by atoms with Gasteiger partial charge in [-0.15, -0.1) is 0 Å². The Bertz CT molecular complexity index is 1460. The van der Waals surface area contributed by atoms with E-state index in [9.17, 15) is 5.11 Å². The zero-order valence-electron chi connectivity index (χ0n) is 20.9. The van der Waals surface area contributed by atoms with Crippen LogP contribution >= 0.6 is 0 Å². The van der Waals surface area contributed by atoms with E-state index in [1.54, 1.807) is 18.3 Å². The molecule has 2 aliphatic heterocycles. The molecule has 1 fully saturated rings. The van der Waals surface area contributed by atoms with E-state index in [4.69, 9.17) is 4.98 Å². The van der Waals surface area contributed by atoms with E-state index in [1.165, 1.54) is 6.07 Å². The molecular weight excluding hydrogens is 469 g/mol. The molecule has 2 aromatic heterocycles. The van der Waals surface area contributed by atoms with Crippen LogP contribution < -0.4 is 15.5 Å². The molecule has 4 heterocycles. The number of aliphatic hydroxyl groups is 1. The fourth-order valence-electron chi connectivity index (χ4n) is 5.10. The van der Waals surface area contributed by atoms with E-state index in [1.807, 2.05) is 31.2 Å². The Balaban J connectivity index is 1.44. The molecule has 1 unspecified atom stereocenters. The lowest BCUT2D eigenvalue weighted by Crippen LogP contribution is -2.44. The molecule has 8 nitrogen and oxygen atoms in total. The van der Waals surface area contributed by atoms with Gasteiger partial charge in [-0.3, -0.25) is 4.98 Å². The van der Waals surface area contributed by atoms with Crippen molar-refractivity contribution < 1.29 is 9.50 Å². The van der Waals surface area contributed by atoms with E-state index in [0.717, 1.165) is 48.6 Å². The van der Waals surface area contributed by atoms with Gasteiger partial charge >= 0.3 is 0 Å². The molecule has 0 aliphatic carbocycles. The Kier molecular flexibility index (Phi) is 6.02. The molecule has 9 heteroatoms. The third kappa shape index (κ3) is 4.41. The van der Waals surface area contributed by atoms with E-state index < -0.39 is 12.0 Å². The average Bonchev–Trinajstić information content (AvgIpc) is 3.32. The van der Waals surface area contributed by atoms with Gasteiger partial charge < -0.3 is 30.5 Å². The van der Waals surface area contributed by atoms with Crippen LogP contribution in [0.5, 0.6) is 0 Å². The van der Waals surface area contributed by atoms with Crippen molar-refractivity contribution in [1.29, 1.82) is 0 Å².